The van der Waals surface area contributed by atoms with Gasteiger partial charge in [-0.3, -0.25) is 0 Å². The minimum absolute atomic E-state index is 0.269. The molecular weight excluding hydrogens is 620 g/mol. The van der Waals surface area contributed by atoms with Crippen LogP contribution in [0.25, 0.3) is 0 Å². The number of carbonyl (C=O) groups excluding carboxylic acids is 3. The van der Waals surface area contributed by atoms with Crippen molar-refractivity contribution in [3.8, 4) is 0 Å². The molecule has 0 spiro atoms. The van der Waals surface area contributed by atoms with Gasteiger partial charge in [-0.15, -0.1) is 0 Å². The van der Waals surface area contributed by atoms with Crippen LogP contribution in [-0.4, -0.2) is 73.5 Å². The lowest BCUT2D eigenvalue weighted by atomic mass is 9.97. The quantitative estimate of drug-likeness (QED) is 0.137. The van der Waals surface area contributed by atoms with E-state index in [1.807, 2.05) is 36.6 Å². The monoisotopic (exact) mass is 655 g/mol. The second-order valence-electron chi connectivity index (χ2n) is 11.2. The second-order valence-corrected chi connectivity index (χ2v) is 13.4. The van der Waals surface area contributed by atoms with Gasteiger partial charge >= 0.3 is 17.9 Å². The molecule has 9 nitrogen and oxygen atoms in total. The molecule has 0 aliphatic carbocycles. The van der Waals surface area contributed by atoms with Gasteiger partial charge in [0, 0.05) is 23.6 Å². The van der Waals surface area contributed by atoms with Crippen LogP contribution in [0, 0.1) is 0 Å². The van der Waals surface area contributed by atoms with E-state index in [1.54, 1.807) is 98.1 Å². The number of hydrogen-bond donors (Lipinski definition) is 0. The van der Waals surface area contributed by atoms with Gasteiger partial charge in [-0.1, -0.05) is 84.9 Å². The van der Waals surface area contributed by atoms with Crippen molar-refractivity contribution < 1.29 is 42.8 Å². The molecule has 10 heteroatoms. The van der Waals surface area contributed by atoms with Crippen LogP contribution in [0.4, 0.5) is 0 Å². The van der Waals surface area contributed by atoms with E-state index in [9.17, 15) is 14.4 Å². The van der Waals surface area contributed by atoms with E-state index in [0.29, 0.717) is 16.9 Å². The smallest absolute Gasteiger partial charge is 0.338 e. The Bertz CT molecular complexity index is 1650. The maximum atomic E-state index is 13.7. The molecule has 2 aliphatic rings. The highest BCUT2D eigenvalue weighted by Gasteiger charge is 2.63. The van der Waals surface area contributed by atoms with E-state index in [2.05, 4.69) is 0 Å². The van der Waals surface area contributed by atoms with Gasteiger partial charge in [0.15, 0.2) is 24.1 Å². The van der Waals surface area contributed by atoms with Crippen LogP contribution in [0.15, 0.2) is 121 Å². The average Bonchev–Trinajstić information content (AvgIpc) is 3.13. The fraction of sp³-hybridized carbons (Fsp3) is 0.270. The van der Waals surface area contributed by atoms with Crippen LogP contribution < -0.4 is 0 Å². The van der Waals surface area contributed by atoms with Crippen molar-refractivity contribution in [3.63, 3.8) is 0 Å². The van der Waals surface area contributed by atoms with Crippen molar-refractivity contribution in [2.24, 2.45) is 0 Å². The predicted molar refractivity (Wildman–Crippen MR) is 175 cm³/mol. The Morgan fingerprint density at radius 3 is 1.68 bits per heavy atom. The van der Waals surface area contributed by atoms with Crippen molar-refractivity contribution in [1.82, 2.24) is 0 Å². The molecule has 6 rings (SSSR count). The van der Waals surface area contributed by atoms with Gasteiger partial charge in [-0.05, 0) is 36.4 Å². The molecule has 47 heavy (non-hydrogen) atoms. The first-order valence-corrected chi connectivity index (χ1v) is 17.0. The van der Waals surface area contributed by atoms with Crippen LogP contribution in [-0.2, 0) is 45.1 Å². The van der Waals surface area contributed by atoms with Gasteiger partial charge in [0.25, 0.3) is 0 Å². The van der Waals surface area contributed by atoms with Gasteiger partial charge < -0.3 is 28.4 Å². The zero-order valence-electron chi connectivity index (χ0n) is 25.9. The van der Waals surface area contributed by atoms with E-state index in [-0.39, 0.29) is 12.2 Å². The zero-order chi connectivity index (χ0) is 32.8. The third-order valence-corrected chi connectivity index (χ3v) is 10.2. The molecule has 0 N–H and O–H groups in total. The molecular formula is C37H35O9S+. The maximum Gasteiger partial charge on any atom is 0.338 e. The summed E-state index contributed by atoms with van der Waals surface area (Å²) in [6.45, 7) is -0.269. The SMILES string of the molecule is CO[C@]1(c2ccccc2)C[S+](C)[C@@H]2O[C@H](COC(=O)c3ccccc3)[C@@H](OC(=O)c3ccccc3)[C@H](OC(=O)c3ccccc3)[C@H]2O1. The Kier molecular flexibility index (Phi) is 10.0. The second kappa shape index (κ2) is 14.5. The van der Waals surface area contributed by atoms with Crippen LogP contribution in [0.2, 0.25) is 0 Å². The van der Waals surface area contributed by atoms with Gasteiger partial charge in [0.2, 0.25) is 11.2 Å². The topological polar surface area (TPSA) is 107 Å². The number of hydrogen-bond acceptors (Lipinski definition) is 9. The number of esters is 3. The molecule has 2 aliphatic heterocycles. The summed E-state index contributed by atoms with van der Waals surface area (Å²) < 4.78 is 37.5. The standard InChI is InChI=1S/C37H35O9S/c1-41-37(28-21-13-6-14-22-28)24-47(2)36-32(46-37)31(45-35(40)27-19-11-5-12-20-27)30(44-34(39)26-17-9-4-10-18-26)29(43-36)23-42-33(38)25-15-7-3-8-16-25/h3-22,29-32,36H,23-24H2,1-2H3/q+1/t29-,30-,31+,32-,36+,37-,47?/m1/s1. The summed E-state index contributed by atoms with van der Waals surface area (Å²) in [4.78, 5) is 40.2. The normalized spacial score (nSPS) is 26.8. The van der Waals surface area contributed by atoms with Crippen molar-refractivity contribution in [3.05, 3.63) is 144 Å². The third kappa shape index (κ3) is 7.11. The first kappa shape index (κ1) is 32.5. The van der Waals surface area contributed by atoms with Crippen LogP contribution in [0.5, 0.6) is 0 Å². The Morgan fingerprint density at radius 1 is 0.702 bits per heavy atom. The van der Waals surface area contributed by atoms with Crippen LogP contribution in [0.1, 0.15) is 36.6 Å². The molecule has 4 aromatic carbocycles. The van der Waals surface area contributed by atoms with Crippen molar-refractivity contribution in [1.29, 1.82) is 0 Å². The Morgan fingerprint density at radius 2 is 1.17 bits per heavy atom. The zero-order valence-corrected chi connectivity index (χ0v) is 26.7. The summed E-state index contributed by atoms with van der Waals surface area (Å²) in [5.41, 5.74) is 1.13. The largest absolute Gasteiger partial charge is 0.459 e. The number of carbonyl (C=O) groups is 3. The van der Waals surface area contributed by atoms with Crippen molar-refractivity contribution in [2.45, 2.75) is 35.6 Å². The fourth-order valence-corrected chi connectivity index (χ4v) is 7.91. The van der Waals surface area contributed by atoms with Gasteiger partial charge in [0.1, 0.15) is 19.0 Å². The highest BCUT2D eigenvalue weighted by molar-refractivity contribution is 7.96. The lowest BCUT2D eigenvalue weighted by molar-refractivity contribution is -0.308. The average molecular weight is 656 g/mol. The summed E-state index contributed by atoms with van der Waals surface area (Å²) in [6, 6.07) is 35.1. The molecule has 0 amide bonds. The number of benzene rings is 4. The molecule has 0 saturated carbocycles. The van der Waals surface area contributed by atoms with Crippen molar-refractivity contribution in [2.75, 3.05) is 25.7 Å². The lowest BCUT2D eigenvalue weighted by Crippen LogP contribution is -2.68. The van der Waals surface area contributed by atoms with Gasteiger partial charge in [-0.2, -0.15) is 0 Å². The van der Waals surface area contributed by atoms with Crippen molar-refractivity contribution >= 4 is 28.8 Å². The highest BCUT2D eigenvalue weighted by atomic mass is 32.2. The molecule has 0 bridgehead atoms. The molecule has 0 radical (unpaired) electrons. The maximum absolute atomic E-state index is 13.7. The van der Waals surface area contributed by atoms with E-state index < -0.39 is 64.4 Å². The lowest BCUT2D eigenvalue weighted by Gasteiger charge is -2.49. The number of rotatable bonds is 9. The molecule has 7 atom stereocenters. The molecule has 242 valence electrons. The molecule has 4 aromatic rings. The number of ether oxygens (including phenoxy) is 6. The molecule has 2 heterocycles. The Labute approximate surface area is 276 Å². The minimum atomic E-state index is -1.22. The van der Waals surface area contributed by atoms with E-state index in [1.165, 1.54) is 0 Å². The summed E-state index contributed by atoms with van der Waals surface area (Å²) >= 11 is 0. The van der Waals surface area contributed by atoms with E-state index >= 15 is 0 Å². The summed E-state index contributed by atoms with van der Waals surface area (Å²) in [5, 5.41) is 0. The molecule has 1 unspecified atom stereocenters. The number of methoxy groups -OCH3 is 1. The van der Waals surface area contributed by atoms with Gasteiger partial charge in [-0.25, -0.2) is 14.4 Å². The first-order chi connectivity index (χ1) is 22.9. The molecule has 2 fully saturated rings. The highest BCUT2D eigenvalue weighted by Crippen LogP contribution is 2.43. The summed E-state index contributed by atoms with van der Waals surface area (Å²) in [6.07, 6.45) is -2.27. The third-order valence-electron chi connectivity index (χ3n) is 8.17. The van der Waals surface area contributed by atoms with Gasteiger partial charge in [0.05, 0.1) is 16.7 Å². The minimum Gasteiger partial charge on any atom is -0.459 e. The first-order valence-electron chi connectivity index (χ1n) is 15.2. The summed E-state index contributed by atoms with van der Waals surface area (Å²) in [7, 11) is 1.03. The van der Waals surface area contributed by atoms with Crippen LogP contribution >= 0.6 is 0 Å². The number of fused-ring (bicyclic) bond motifs is 1. The van der Waals surface area contributed by atoms with Crippen LogP contribution in [0.3, 0.4) is 0 Å². The van der Waals surface area contributed by atoms with E-state index in [4.69, 9.17) is 28.4 Å². The molecule has 2 saturated heterocycles. The predicted octanol–water partition coefficient (Wildman–Crippen LogP) is 5.17. The Hall–Kier alpha value is -4.48. The Balaban J connectivity index is 1.39. The molecule has 0 aromatic heterocycles. The summed E-state index contributed by atoms with van der Waals surface area (Å²) in [5.74, 6) is -2.61. The van der Waals surface area contributed by atoms with E-state index in [0.717, 1.165) is 5.56 Å². The fourth-order valence-electron chi connectivity index (χ4n) is 5.79.